The molecule has 0 unspecified atom stereocenters. The smallest absolute Gasteiger partial charge is 0.312 e. The number of nitrogens with two attached hydrogens (primary N) is 1. The number of nitrogens with one attached hydrogen (secondary N) is 1. The van der Waals surface area contributed by atoms with Gasteiger partial charge in [-0.05, 0) is 37.7 Å². The number of thioether (sulfide) groups is 1. The largest absolute Gasteiger partial charge is 0.391 e. The lowest BCUT2D eigenvalue weighted by molar-refractivity contribution is -0.135. The fourth-order valence-corrected chi connectivity index (χ4v) is 3.98. The second-order valence-electron chi connectivity index (χ2n) is 6.27. The minimum Gasteiger partial charge on any atom is -0.391 e. The van der Waals surface area contributed by atoms with E-state index in [9.17, 15) is 14.7 Å². The molecule has 8 heteroatoms. The molecule has 0 bridgehead atoms. The molecule has 1 heterocycles. The fraction of sp³-hybridized carbons (Fsp3) is 0.867. The fourth-order valence-electron chi connectivity index (χ4n) is 3.51. The van der Waals surface area contributed by atoms with Crippen LogP contribution in [0.3, 0.4) is 0 Å². The van der Waals surface area contributed by atoms with Crippen molar-refractivity contribution in [3.05, 3.63) is 0 Å². The average Bonchev–Trinajstić information content (AvgIpc) is 2.96. The van der Waals surface area contributed by atoms with E-state index >= 15 is 0 Å². The zero-order valence-electron chi connectivity index (χ0n) is 13.7. The standard InChI is InChI=1S/C15H28N4O3S/c1-23-10-5-11(17-15(16)22)14(21)19-8-6-18(7-9-19)12-3-2-4-13(12)20/h11-13,20H,2-10H2,1H3,(H3,16,17,22)/t11-,12-,13-/m0/s1. The van der Waals surface area contributed by atoms with Crippen molar-refractivity contribution in [2.24, 2.45) is 5.73 Å². The van der Waals surface area contributed by atoms with Crippen molar-refractivity contribution in [1.82, 2.24) is 15.1 Å². The summed E-state index contributed by atoms with van der Waals surface area (Å²) in [5.41, 5.74) is 5.19. The third-order valence-electron chi connectivity index (χ3n) is 4.76. The summed E-state index contributed by atoms with van der Waals surface area (Å²) in [7, 11) is 0. The molecule has 1 aliphatic heterocycles. The normalized spacial score (nSPS) is 27.0. The van der Waals surface area contributed by atoms with Gasteiger partial charge in [-0.15, -0.1) is 0 Å². The first-order valence-corrected chi connectivity index (χ1v) is 9.68. The van der Waals surface area contributed by atoms with Gasteiger partial charge in [0.1, 0.15) is 6.04 Å². The molecule has 0 radical (unpaired) electrons. The van der Waals surface area contributed by atoms with Gasteiger partial charge in [0, 0.05) is 32.2 Å². The monoisotopic (exact) mass is 344 g/mol. The maximum Gasteiger partial charge on any atom is 0.312 e. The summed E-state index contributed by atoms with van der Waals surface area (Å²) in [6, 6.07) is -0.955. The van der Waals surface area contributed by atoms with Crippen LogP contribution in [0.5, 0.6) is 0 Å². The summed E-state index contributed by atoms with van der Waals surface area (Å²) in [5, 5.41) is 12.6. The van der Waals surface area contributed by atoms with Gasteiger partial charge in [0.15, 0.2) is 0 Å². The Labute approximate surface area is 141 Å². The van der Waals surface area contributed by atoms with E-state index in [1.165, 1.54) is 0 Å². The molecule has 1 aliphatic carbocycles. The first-order chi connectivity index (χ1) is 11.0. The molecule has 0 aromatic heterocycles. The minimum absolute atomic E-state index is 0.0514. The number of nitrogens with zero attached hydrogens (tertiary/aromatic N) is 2. The Bertz CT molecular complexity index is 416. The number of carbonyl (C=O) groups excluding carboxylic acids is 2. The lowest BCUT2D eigenvalue weighted by atomic mass is 10.1. The zero-order valence-corrected chi connectivity index (χ0v) is 14.6. The molecule has 0 aromatic carbocycles. The van der Waals surface area contributed by atoms with E-state index in [2.05, 4.69) is 10.2 Å². The highest BCUT2D eigenvalue weighted by atomic mass is 32.2. The number of carbonyl (C=O) groups is 2. The van der Waals surface area contributed by atoms with Crippen LogP contribution in [0.15, 0.2) is 0 Å². The van der Waals surface area contributed by atoms with Crippen molar-refractivity contribution in [2.75, 3.05) is 38.2 Å². The number of hydrogen-bond acceptors (Lipinski definition) is 5. The maximum atomic E-state index is 12.6. The first kappa shape index (κ1) is 18.4. The van der Waals surface area contributed by atoms with E-state index in [4.69, 9.17) is 5.73 Å². The van der Waals surface area contributed by atoms with Gasteiger partial charge in [-0.2, -0.15) is 11.8 Å². The Morgan fingerprint density at radius 2 is 2.00 bits per heavy atom. The minimum atomic E-state index is -0.655. The summed E-state index contributed by atoms with van der Waals surface area (Å²) >= 11 is 1.64. The number of primary amides is 1. The van der Waals surface area contributed by atoms with Crippen LogP contribution in [0.1, 0.15) is 25.7 Å². The zero-order chi connectivity index (χ0) is 16.8. The molecule has 1 saturated carbocycles. The molecule has 1 saturated heterocycles. The van der Waals surface area contributed by atoms with Crippen LogP contribution in [0.2, 0.25) is 0 Å². The summed E-state index contributed by atoms with van der Waals surface area (Å²) in [5.74, 6) is 0.745. The van der Waals surface area contributed by atoms with Gasteiger partial charge in [-0.1, -0.05) is 0 Å². The van der Waals surface area contributed by atoms with Crippen molar-refractivity contribution in [3.8, 4) is 0 Å². The summed E-state index contributed by atoms with van der Waals surface area (Å²) in [6.07, 6.45) is 5.31. The summed E-state index contributed by atoms with van der Waals surface area (Å²) < 4.78 is 0. The van der Waals surface area contributed by atoms with E-state index in [1.807, 2.05) is 6.26 Å². The third kappa shape index (κ3) is 4.99. The van der Waals surface area contributed by atoms with Crippen molar-refractivity contribution >= 4 is 23.7 Å². The van der Waals surface area contributed by atoms with Gasteiger partial charge in [0.05, 0.1) is 6.10 Å². The highest BCUT2D eigenvalue weighted by Gasteiger charge is 2.34. The molecule has 2 aliphatic rings. The summed E-state index contributed by atoms with van der Waals surface area (Å²) in [4.78, 5) is 27.8. The second-order valence-corrected chi connectivity index (χ2v) is 7.26. The summed E-state index contributed by atoms with van der Waals surface area (Å²) in [6.45, 7) is 2.83. The number of hydrogen-bond donors (Lipinski definition) is 3. The van der Waals surface area contributed by atoms with Gasteiger partial charge < -0.3 is 21.1 Å². The lowest BCUT2D eigenvalue weighted by Crippen LogP contribution is -2.57. The van der Waals surface area contributed by atoms with E-state index in [0.29, 0.717) is 19.5 Å². The number of rotatable bonds is 6. The number of amides is 3. The van der Waals surface area contributed by atoms with Crippen LogP contribution in [0, 0.1) is 0 Å². The van der Waals surface area contributed by atoms with Gasteiger partial charge >= 0.3 is 6.03 Å². The van der Waals surface area contributed by atoms with Crippen LogP contribution in [0.4, 0.5) is 4.79 Å². The van der Waals surface area contributed by atoms with E-state index in [0.717, 1.165) is 38.1 Å². The molecule has 2 rings (SSSR count). The molecule has 3 atom stereocenters. The first-order valence-electron chi connectivity index (χ1n) is 8.28. The molecule has 4 N–H and O–H groups in total. The molecule has 0 spiro atoms. The van der Waals surface area contributed by atoms with E-state index < -0.39 is 12.1 Å². The van der Waals surface area contributed by atoms with Gasteiger partial charge in [-0.3, -0.25) is 9.69 Å². The molecule has 0 aromatic rings. The molecular weight excluding hydrogens is 316 g/mol. The number of piperazine rings is 1. The molecule has 132 valence electrons. The molecule has 3 amide bonds. The highest BCUT2D eigenvalue weighted by molar-refractivity contribution is 7.98. The van der Waals surface area contributed by atoms with Crippen molar-refractivity contribution in [2.45, 2.75) is 43.9 Å². The van der Waals surface area contributed by atoms with Gasteiger partial charge in [0.25, 0.3) is 0 Å². The van der Waals surface area contributed by atoms with Crippen LogP contribution in [0.25, 0.3) is 0 Å². The van der Waals surface area contributed by atoms with Gasteiger partial charge in [-0.25, -0.2) is 4.79 Å². The van der Waals surface area contributed by atoms with Gasteiger partial charge in [0.2, 0.25) is 5.91 Å². The Balaban J connectivity index is 1.86. The average molecular weight is 344 g/mol. The number of aliphatic hydroxyl groups is 1. The molecular formula is C15H28N4O3S. The molecule has 2 fully saturated rings. The number of aliphatic hydroxyl groups excluding tert-OH is 1. The van der Waals surface area contributed by atoms with E-state index in [1.54, 1.807) is 16.7 Å². The van der Waals surface area contributed by atoms with Crippen LogP contribution >= 0.6 is 11.8 Å². The predicted octanol–water partition coefficient (Wildman–Crippen LogP) is -0.166. The van der Waals surface area contributed by atoms with Crippen LogP contribution in [-0.2, 0) is 4.79 Å². The topological polar surface area (TPSA) is 98.9 Å². The quantitative estimate of drug-likeness (QED) is 0.622. The third-order valence-corrected chi connectivity index (χ3v) is 5.41. The maximum absolute atomic E-state index is 12.6. The Hall–Kier alpha value is -0.990. The van der Waals surface area contributed by atoms with Crippen molar-refractivity contribution < 1.29 is 14.7 Å². The highest BCUT2D eigenvalue weighted by Crippen LogP contribution is 2.25. The number of urea groups is 1. The van der Waals surface area contributed by atoms with Crippen molar-refractivity contribution in [3.63, 3.8) is 0 Å². The SMILES string of the molecule is CSCC[C@H](NC(N)=O)C(=O)N1CCN([C@H]2CCC[C@@H]2O)CC1. The van der Waals surface area contributed by atoms with E-state index in [-0.39, 0.29) is 18.1 Å². The predicted molar refractivity (Wildman–Crippen MR) is 91.3 cm³/mol. The molecule has 23 heavy (non-hydrogen) atoms. The second kappa shape index (κ2) is 8.75. The van der Waals surface area contributed by atoms with Crippen LogP contribution < -0.4 is 11.1 Å². The van der Waals surface area contributed by atoms with Crippen LogP contribution in [-0.4, -0.2) is 83.2 Å². The van der Waals surface area contributed by atoms with Crippen molar-refractivity contribution in [1.29, 1.82) is 0 Å². The Morgan fingerprint density at radius 3 is 2.52 bits per heavy atom. The Kier molecular flexibility index (Phi) is 6.98. The Morgan fingerprint density at radius 1 is 1.30 bits per heavy atom. The molecule has 7 nitrogen and oxygen atoms in total. The lowest BCUT2D eigenvalue weighted by Gasteiger charge is -2.40.